The van der Waals surface area contributed by atoms with E-state index >= 15 is 0 Å². The van der Waals surface area contributed by atoms with Gasteiger partial charge in [0.2, 0.25) is 5.91 Å². The summed E-state index contributed by atoms with van der Waals surface area (Å²) in [4.78, 5) is 16.6. The van der Waals surface area contributed by atoms with Gasteiger partial charge in [-0.2, -0.15) is 0 Å². The molecular formula is C27H33N3O3. The SMILES string of the molecule is C=CCc1ccc(OCCCCn2c(CCNC(=O)C(=C)C)nc3ccccc32)c(OC)c1. The lowest BCUT2D eigenvalue weighted by Gasteiger charge is -2.13. The number of aryl methyl sites for hydroxylation is 1. The molecule has 0 aliphatic carbocycles. The fourth-order valence-electron chi connectivity index (χ4n) is 3.68. The molecule has 0 bridgehead atoms. The Morgan fingerprint density at radius 2 is 2.00 bits per heavy atom. The Labute approximate surface area is 195 Å². The molecule has 0 saturated carbocycles. The van der Waals surface area contributed by atoms with E-state index in [4.69, 9.17) is 14.5 Å². The standard InChI is InChI=1S/C27H33N3O3/c1-5-10-21-13-14-24(25(19-21)32-4)33-18-9-8-17-30-23-12-7-6-11-22(23)29-26(30)15-16-28-27(31)20(2)3/h5-7,11-14,19H,1-2,8-10,15-18H2,3-4H3,(H,28,31). The van der Waals surface area contributed by atoms with Gasteiger partial charge in [0.05, 0.1) is 24.8 Å². The summed E-state index contributed by atoms with van der Waals surface area (Å²) in [5.41, 5.74) is 3.74. The molecule has 6 heteroatoms. The zero-order valence-corrected chi connectivity index (χ0v) is 19.6. The molecule has 0 radical (unpaired) electrons. The van der Waals surface area contributed by atoms with Crippen molar-refractivity contribution in [3.63, 3.8) is 0 Å². The highest BCUT2D eigenvalue weighted by Gasteiger charge is 2.11. The summed E-state index contributed by atoms with van der Waals surface area (Å²) in [5, 5.41) is 2.89. The highest BCUT2D eigenvalue weighted by molar-refractivity contribution is 5.92. The summed E-state index contributed by atoms with van der Waals surface area (Å²) in [7, 11) is 1.66. The fourth-order valence-corrected chi connectivity index (χ4v) is 3.68. The van der Waals surface area contributed by atoms with Crippen LogP contribution in [0.15, 0.2) is 67.3 Å². The van der Waals surface area contributed by atoms with Crippen molar-refractivity contribution in [3.8, 4) is 11.5 Å². The molecule has 0 unspecified atom stereocenters. The Kier molecular flexibility index (Phi) is 8.70. The Morgan fingerprint density at radius 3 is 2.76 bits per heavy atom. The van der Waals surface area contributed by atoms with Crippen molar-refractivity contribution in [2.75, 3.05) is 20.3 Å². The summed E-state index contributed by atoms with van der Waals surface area (Å²) < 4.78 is 13.7. The highest BCUT2D eigenvalue weighted by Crippen LogP contribution is 2.28. The minimum atomic E-state index is -0.122. The Balaban J connectivity index is 1.57. The van der Waals surface area contributed by atoms with Crippen LogP contribution in [0.5, 0.6) is 11.5 Å². The first-order chi connectivity index (χ1) is 16.0. The number of nitrogens with one attached hydrogen (secondary N) is 1. The molecule has 1 aromatic heterocycles. The van der Waals surface area contributed by atoms with Crippen LogP contribution in [-0.4, -0.2) is 35.7 Å². The van der Waals surface area contributed by atoms with Gasteiger partial charge in [0.1, 0.15) is 5.82 Å². The molecule has 0 atom stereocenters. The van der Waals surface area contributed by atoms with Gasteiger partial charge < -0.3 is 19.4 Å². The first-order valence-corrected chi connectivity index (χ1v) is 11.3. The second-order valence-corrected chi connectivity index (χ2v) is 7.99. The van der Waals surface area contributed by atoms with Gasteiger partial charge in [-0.05, 0) is 56.0 Å². The first-order valence-electron chi connectivity index (χ1n) is 11.3. The van der Waals surface area contributed by atoms with Crippen LogP contribution < -0.4 is 14.8 Å². The molecule has 0 aliphatic rings. The lowest BCUT2D eigenvalue weighted by atomic mass is 10.1. The molecule has 174 valence electrons. The topological polar surface area (TPSA) is 65.4 Å². The third-order valence-corrected chi connectivity index (χ3v) is 5.40. The van der Waals surface area contributed by atoms with E-state index in [1.54, 1.807) is 14.0 Å². The van der Waals surface area contributed by atoms with Crippen LogP contribution in [0.3, 0.4) is 0 Å². The highest BCUT2D eigenvalue weighted by atomic mass is 16.5. The number of fused-ring (bicyclic) bond motifs is 1. The lowest BCUT2D eigenvalue weighted by molar-refractivity contribution is -0.117. The summed E-state index contributed by atoms with van der Waals surface area (Å²) in [6, 6.07) is 14.1. The number of ether oxygens (including phenoxy) is 2. The molecule has 1 amide bonds. The lowest BCUT2D eigenvalue weighted by Crippen LogP contribution is -2.26. The number of benzene rings is 2. The summed E-state index contributed by atoms with van der Waals surface area (Å²) in [6.07, 6.45) is 5.18. The van der Waals surface area contributed by atoms with Crippen molar-refractivity contribution in [2.24, 2.45) is 0 Å². The Morgan fingerprint density at radius 1 is 1.18 bits per heavy atom. The molecule has 6 nitrogen and oxygen atoms in total. The molecular weight excluding hydrogens is 414 g/mol. The number of nitrogens with zero attached hydrogens (tertiary/aromatic N) is 2. The van der Waals surface area contributed by atoms with Crippen molar-refractivity contribution in [2.45, 2.75) is 39.2 Å². The third-order valence-electron chi connectivity index (χ3n) is 5.40. The number of hydrogen-bond acceptors (Lipinski definition) is 4. The van der Waals surface area contributed by atoms with Gasteiger partial charge in [-0.1, -0.05) is 30.9 Å². The van der Waals surface area contributed by atoms with Gasteiger partial charge in [0.25, 0.3) is 0 Å². The van der Waals surface area contributed by atoms with Crippen LogP contribution in [-0.2, 0) is 24.2 Å². The number of rotatable bonds is 13. The molecule has 3 rings (SSSR count). The van der Waals surface area contributed by atoms with Gasteiger partial charge in [-0.25, -0.2) is 4.98 Å². The number of hydrogen-bond donors (Lipinski definition) is 1. The molecule has 0 saturated heterocycles. The molecule has 2 aromatic carbocycles. The summed E-state index contributed by atoms with van der Waals surface area (Å²) >= 11 is 0. The van der Waals surface area contributed by atoms with Gasteiger partial charge in [-0.15, -0.1) is 6.58 Å². The Hall–Kier alpha value is -3.54. The fraction of sp³-hybridized carbons (Fsp3) is 0.333. The van der Waals surface area contributed by atoms with Crippen LogP contribution in [0, 0.1) is 0 Å². The second-order valence-electron chi connectivity index (χ2n) is 7.99. The zero-order chi connectivity index (χ0) is 23.6. The molecule has 1 heterocycles. The number of amides is 1. The number of unbranched alkanes of at least 4 members (excludes halogenated alkanes) is 1. The molecule has 0 fully saturated rings. The molecule has 1 N–H and O–H groups in total. The number of carbonyl (C=O) groups excluding carboxylic acids is 1. The van der Waals surface area contributed by atoms with Crippen molar-refractivity contribution < 1.29 is 14.3 Å². The quantitative estimate of drug-likeness (QED) is 0.231. The smallest absolute Gasteiger partial charge is 0.246 e. The molecule has 0 aliphatic heterocycles. The average Bonchev–Trinajstić information content (AvgIpc) is 3.16. The summed E-state index contributed by atoms with van der Waals surface area (Å²) in [5.74, 6) is 2.35. The number of allylic oxidation sites excluding steroid dienone is 1. The van der Waals surface area contributed by atoms with Crippen molar-refractivity contribution >= 4 is 16.9 Å². The van der Waals surface area contributed by atoms with Gasteiger partial charge in [0, 0.05) is 25.1 Å². The first kappa shape index (κ1) is 24.1. The average molecular weight is 448 g/mol. The van der Waals surface area contributed by atoms with E-state index in [2.05, 4.69) is 29.1 Å². The van der Waals surface area contributed by atoms with Gasteiger partial charge in [-0.3, -0.25) is 4.79 Å². The number of carbonyl (C=O) groups is 1. The van der Waals surface area contributed by atoms with Crippen LogP contribution in [0.4, 0.5) is 0 Å². The van der Waals surface area contributed by atoms with Crippen molar-refractivity contribution in [1.29, 1.82) is 0 Å². The number of imidazole rings is 1. The van der Waals surface area contributed by atoms with E-state index < -0.39 is 0 Å². The summed E-state index contributed by atoms with van der Waals surface area (Å²) in [6.45, 7) is 11.1. The molecule has 0 spiro atoms. The minimum Gasteiger partial charge on any atom is -0.493 e. The molecule has 3 aromatic rings. The van der Waals surface area contributed by atoms with E-state index in [1.165, 1.54) is 0 Å². The van der Waals surface area contributed by atoms with E-state index in [-0.39, 0.29) is 5.91 Å². The third kappa shape index (κ3) is 6.48. The van der Waals surface area contributed by atoms with E-state index in [0.29, 0.717) is 25.1 Å². The normalized spacial score (nSPS) is 10.7. The van der Waals surface area contributed by atoms with Crippen LogP contribution in [0.1, 0.15) is 31.2 Å². The predicted molar refractivity (Wildman–Crippen MR) is 133 cm³/mol. The monoisotopic (exact) mass is 447 g/mol. The van der Waals surface area contributed by atoms with E-state index in [1.807, 2.05) is 42.5 Å². The zero-order valence-electron chi connectivity index (χ0n) is 19.6. The van der Waals surface area contributed by atoms with Crippen molar-refractivity contribution in [1.82, 2.24) is 14.9 Å². The second kappa shape index (κ2) is 11.9. The number of aromatic nitrogens is 2. The van der Waals surface area contributed by atoms with Gasteiger partial charge in [0.15, 0.2) is 11.5 Å². The van der Waals surface area contributed by atoms with Crippen LogP contribution >= 0.6 is 0 Å². The van der Waals surface area contributed by atoms with Crippen molar-refractivity contribution in [3.05, 3.63) is 78.7 Å². The predicted octanol–water partition coefficient (Wildman–Crippen LogP) is 4.87. The minimum absolute atomic E-state index is 0.122. The Bertz CT molecular complexity index is 1120. The maximum Gasteiger partial charge on any atom is 0.246 e. The number of para-hydroxylation sites is 2. The maximum absolute atomic E-state index is 11.8. The molecule has 33 heavy (non-hydrogen) atoms. The number of methoxy groups -OCH3 is 1. The van der Waals surface area contributed by atoms with Gasteiger partial charge >= 0.3 is 0 Å². The van der Waals surface area contributed by atoms with E-state index in [9.17, 15) is 4.79 Å². The van der Waals surface area contributed by atoms with E-state index in [0.717, 1.165) is 59.7 Å². The van der Waals surface area contributed by atoms with Crippen LogP contribution in [0.25, 0.3) is 11.0 Å². The largest absolute Gasteiger partial charge is 0.493 e. The maximum atomic E-state index is 11.8. The van der Waals surface area contributed by atoms with Crippen LogP contribution in [0.2, 0.25) is 0 Å².